The van der Waals surface area contributed by atoms with Gasteiger partial charge in [-0.25, -0.2) is 0 Å². The molecule has 4 rings (SSSR count). The van der Waals surface area contributed by atoms with Crippen LogP contribution in [0.25, 0.3) is 11.1 Å². The molecule has 2 N–H and O–H groups in total. The Kier molecular flexibility index (Phi) is 6.35. The Morgan fingerprint density at radius 3 is 2.57 bits per heavy atom. The van der Waals surface area contributed by atoms with Crippen molar-refractivity contribution in [2.45, 2.75) is 26.3 Å². The number of piperazine rings is 1. The topological polar surface area (TPSA) is 68.7 Å². The third-order valence-electron chi connectivity index (χ3n) is 5.54. The quantitative estimate of drug-likeness (QED) is 0.382. The molecule has 1 saturated heterocycles. The lowest BCUT2D eigenvalue weighted by molar-refractivity contribution is 0.293. The maximum atomic E-state index is 4.60. The number of nitrogens with zero attached hydrogens (tertiary/aromatic N) is 4. The van der Waals surface area contributed by atoms with Crippen LogP contribution in [0.5, 0.6) is 0 Å². The summed E-state index contributed by atoms with van der Waals surface area (Å²) in [5.41, 5.74) is 5.62. The zero-order valence-electron chi connectivity index (χ0n) is 17.5. The Morgan fingerprint density at radius 2 is 1.87 bits per heavy atom. The fourth-order valence-corrected chi connectivity index (χ4v) is 3.74. The Bertz CT molecular complexity index is 990. The lowest BCUT2D eigenvalue weighted by atomic mass is 10.0. The van der Waals surface area contributed by atoms with E-state index >= 15 is 0 Å². The molecule has 1 fully saturated rings. The zero-order chi connectivity index (χ0) is 20.8. The summed E-state index contributed by atoms with van der Waals surface area (Å²) in [4.78, 5) is 2.31. The molecule has 1 unspecified atom stereocenters. The summed E-state index contributed by atoms with van der Waals surface area (Å²) in [6.07, 6.45) is 4.55. The molecule has 30 heavy (non-hydrogen) atoms. The molecule has 0 spiro atoms. The molecule has 1 aromatic heterocycles. The number of H-pyrrole nitrogens is 1. The van der Waals surface area contributed by atoms with Gasteiger partial charge in [0.1, 0.15) is 5.84 Å². The van der Waals surface area contributed by atoms with Crippen LogP contribution in [0.1, 0.15) is 37.4 Å². The predicted octanol–water partition coefficient (Wildman–Crippen LogP) is 4.26. The largest absolute Gasteiger partial charge is 0.356 e. The molecular weight excluding hydrogens is 372 g/mol. The Labute approximate surface area is 177 Å². The van der Waals surface area contributed by atoms with Crippen molar-refractivity contribution in [1.29, 1.82) is 0 Å². The van der Waals surface area contributed by atoms with Gasteiger partial charge in [0.05, 0.1) is 11.9 Å². The smallest absolute Gasteiger partial charge is 0.124 e. The molecule has 1 atom stereocenters. The summed E-state index contributed by atoms with van der Waals surface area (Å²) in [6, 6.07) is 19.3. The lowest BCUT2D eigenvalue weighted by Gasteiger charge is -2.34. The fourth-order valence-electron chi connectivity index (χ4n) is 3.74. The monoisotopic (exact) mass is 400 g/mol. The van der Waals surface area contributed by atoms with Crippen LogP contribution >= 0.6 is 0 Å². The van der Waals surface area contributed by atoms with Crippen molar-refractivity contribution in [3.05, 3.63) is 78.1 Å². The van der Waals surface area contributed by atoms with Gasteiger partial charge in [-0.1, -0.05) is 61.5 Å². The van der Waals surface area contributed by atoms with Crippen LogP contribution in [0.4, 0.5) is 0 Å². The minimum atomic E-state index is 0.315. The van der Waals surface area contributed by atoms with Crippen molar-refractivity contribution >= 4 is 11.5 Å². The van der Waals surface area contributed by atoms with Crippen molar-refractivity contribution < 1.29 is 0 Å². The van der Waals surface area contributed by atoms with Crippen molar-refractivity contribution in [3.8, 4) is 11.1 Å². The van der Waals surface area contributed by atoms with E-state index in [9.17, 15) is 0 Å². The van der Waals surface area contributed by atoms with Crippen LogP contribution in [-0.2, 0) is 0 Å². The molecule has 0 radical (unpaired) electrons. The first-order chi connectivity index (χ1) is 14.7. The molecule has 3 aromatic rings. The van der Waals surface area contributed by atoms with Gasteiger partial charge >= 0.3 is 0 Å². The zero-order valence-corrected chi connectivity index (χ0v) is 17.5. The molecule has 6 nitrogen and oxygen atoms in total. The summed E-state index contributed by atoms with van der Waals surface area (Å²) in [5, 5.41) is 19.7. The standard InChI is InChI=1S/C24H28N6/c1-3-23(21-11-9-19(10-12-21)22-15-26-27-16-22)29-28-18(2)30-14-13-25-24(17-30)20-7-5-4-6-8-20/h4-12,15-16,24-25H,3,13-14,17H2,1-2H3,(H,26,27)/b28-18+,29-23+. The van der Waals surface area contributed by atoms with Crippen molar-refractivity contribution in [1.82, 2.24) is 20.4 Å². The normalized spacial score (nSPS) is 17.9. The molecule has 0 aliphatic carbocycles. The number of aromatic amines is 1. The third kappa shape index (κ3) is 4.66. The molecule has 6 heteroatoms. The molecule has 1 aliphatic heterocycles. The molecule has 0 saturated carbocycles. The van der Waals surface area contributed by atoms with Crippen molar-refractivity contribution in [2.75, 3.05) is 19.6 Å². The molecular formula is C24H28N6. The van der Waals surface area contributed by atoms with E-state index in [0.29, 0.717) is 6.04 Å². The van der Waals surface area contributed by atoms with Crippen LogP contribution in [0, 0.1) is 0 Å². The number of rotatable bonds is 5. The first-order valence-electron chi connectivity index (χ1n) is 10.5. The molecule has 1 aliphatic rings. The van der Waals surface area contributed by atoms with E-state index in [1.54, 1.807) is 0 Å². The van der Waals surface area contributed by atoms with E-state index in [2.05, 4.69) is 92.1 Å². The Morgan fingerprint density at radius 1 is 1.07 bits per heavy atom. The maximum Gasteiger partial charge on any atom is 0.124 e. The first kappa shape index (κ1) is 20.0. The summed E-state index contributed by atoms with van der Waals surface area (Å²) >= 11 is 0. The minimum absolute atomic E-state index is 0.315. The van der Waals surface area contributed by atoms with E-state index in [4.69, 9.17) is 0 Å². The Hall–Kier alpha value is -3.25. The highest BCUT2D eigenvalue weighted by atomic mass is 15.3. The van der Waals surface area contributed by atoms with Gasteiger partial charge in [0, 0.05) is 37.4 Å². The van der Waals surface area contributed by atoms with Gasteiger partial charge in [0.15, 0.2) is 0 Å². The second-order valence-corrected chi connectivity index (χ2v) is 7.48. The van der Waals surface area contributed by atoms with E-state index < -0.39 is 0 Å². The molecule has 0 bridgehead atoms. The van der Waals surface area contributed by atoms with Crippen LogP contribution < -0.4 is 5.32 Å². The summed E-state index contributed by atoms with van der Waals surface area (Å²) < 4.78 is 0. The van der Waals surface area contributed by atoms with Gasteiger partial charge in [-0.2, -0.15) is 10.2 Å². The van der Waals surface area contributed by atoms with E-state index in [0.717, 1.165) is 54.3 Å². The maximum absolute atomic E-state index is 4.60. The molecule has 0 amide bonds. The second-order valence-electron chi connectivity index (χ2n) is 7.48. The number of benzene rings is 2. The Balaban J connectivity index is 1.47. The minimum Gasteiger partial charge on any atom is -0.356 e. The average Bonchev–Trinajstić information content (AvgIpc) is 3.35. The first-order valence-corrected chi connectivity index (χ1v) is 10.5. The van der Waals surface area contributed by atoms with Crippen LogP contribution in [0.3, 0.4) is 0 Å². The van der Waals surface area contributed by atoms with Gasteiger partial charge in [0.2, 0.25) is 0 Å². The van der Waals surface area contributed by atoms with Crippen LogP contribution in [0.2, 0.25) is 0 Å². The van der Waals surface area contributed by atoms with E-state index in [1.807, 2.05) is 19.3 Å². The highest BCUT2D eigenvalue weighted by Crippen LogP contribution is 2.19. The highest BCUT2D eigenvalue weighted by Gasteiger charge is 2.21. The van der Waals surface area contributed by atoms with Crippen LogP contribution in [-0.4, -0.2) is 46.3 Å². The number of aromatic nitrogens is 2. The van der Waals surface area contributed by atoms with Crippen molar-refractivity contribution in [2.24, 2.45) is 10.2 Å². The molecule has 154 valence electrons. The molecule has 2 aromatic carbocycles. The summed E-state index contributed by atoms with van der Waals surface area (Å²) in [6.45, 7) is 6.94. The number of amidine groups is 1. The number of hydrogen-bond donors (Lipinski definition) is 2. The third-order valence-corrected chi connectivity index (χ3v) is 5.54. The summed E-state index contributed by atoms with van der Waals surface area (Å²) in [7, 11) is 0. The van der Waals surface area contributed by atoms with Gasteiger partial charge in [-0.15, -0.1) is 5.10 Å². The molecule has 2 heterocycles. The van der Waals surface area contributed by atoms with Gasteiger partial charge in [-0.05, 0) is 30.0 Å². The van der Waals surface area contributed by atoms with Crippen LogP contribution in [0.15, 0.2) is 77.2 Å². The van der Waals surface area contributed by atoms with Gasteiger partial charge in [0.25, 0.3) is 0 Å². The summed E-state index contributed by atoms with van der Waals surface area (Å²) in [5.74, 6) is 0.957. The SMILES string of the molecule is CC/C(=N\N=C(/C)N1CCNC(c2ccccc2)C1)c1ccc(-c2cn[nH]c2)cc1. The van der Waals surface area contributed by atoms with Crippen molar-refractivity contribution in [3.63, 3.8) is 0 Å². The van der Waals surface area contributed by atoms with Gasteiger partial charge < -0.3 is 10.2 Å². The van der Waals surface area contributed by atoms with Gasteiger partial charge in [-0.3, -0.25) is 5.10 Å². The van der Waals surface area contributed by atoms with E-state index in [1.165, 1.54) is 5.56 Å². The number of hydrogen-bond acceptors (Lipinski definition) is 4. The highest BCUT2D eigenvalue weighted by molar-refractivity contribution is 6.01. The predicted molar refractivity (Wildman–Crippen MR) is 123 cm³/mol. The lowest BCUT2D eigenvalue weighted by Crippen LogP contribution is -2.47. The second kappa shape index (κ2) is 9.50. The fraction of sp³-hybridized carbons (Fsp3) is 0.292. The number of nitrogens with one attached hydrogen (secondary N) is 2. The van der Waals surface area contributed by atoms with E-state index in [-0.39, 0.29) is 0 Å². The average molecular weight is 401 g/mol.